The molecule has 2 heteroatoms. The fourth-order valence-electron chi connectivity index (χ4n) is 3.67. The first-order valence-electron chi connectivity index (χ1n) is 8.66. The summed E-state index contributed by atoms with van der Waals surface area (Å²) in [5, 5.41) is 2.56. The maximum absolute atomic E-state index is 3.61. The Morgan fingerprint density at radius 1 is 0.538 bits per heavy atom. The minimum atomic E-state index is 1.08. The number of nitrogens with zero attached hydrogens (tertiary/aromatic N) is 1. The number of halogens is 1. The Bertz CT molecular complexity index is 1240. The lowest BCUT2D eigenvalue weighted by atomic mass is 10.0. The molecule has 5 rings (SSSR count). The Morgan fingerprint density at radius 3 is 2.15 bits per heavy atom. The van der Waals surface area contributed by atoms with E-state index in [4.69, 9.17) is 0 Å². The van der Waals surface area contributed by atoms with Gasteiger partial charge in [0.1, 0.15) is 0 Å². The lowest BCUT2D eigenvalue weighted by Gasteiger charge is -2.09. The van der Waals surface area contributed by atoms with Gasteiger partial charge < -0.3 is 4.57 Å². The van der Waals surface area contributed by atoms with Crippen LogP contribution >= 0.6 is 15.9 Å². The van der Waals surface area contributed by atoms with E-state index < -0.39 is 0 Å². The Morgan fingerprint density at radius 2 is 1.31 bits per heavy atom. The summed E-state index contributed by atoms with van der Waals surface area (Å²) < 4.78 is 3.43. The van der Waals surface area contributed by atoms with Gasteiger partial charge in [-0.15, -0.1) is 0 Å². The topological polar surface area (TPSA) is 4.93 Å². The molecule has 0 amide bonds. The summed E-state index contributed by atoms with van der Waals surface area (Å²) in [6, 6.07) is 34.4. The fraction of sp³-hybridized carbons (Fsp3) is 0. The van der Waals surface area contributed by atoms with Gasteiger partial charge in [0, 0.05) is 20.9 Å². The molecule has 0 radical (unpaired) electrons. The van der Waals surface area contributed by atoms with Crippen LogP contribution in [0.5, 0.6) is 0 Å². The molecule has 0 bridgehead atoms. The Balaban J connectivity index is 1.88. The van der Waals surface area contributed by atoms with Crippen LogP contribution in [0.4, 0.5) is 0 Å². The zero-order chi connectivity index (χ0) is 17.5. The first-order chi connectivity index (χ1) is 12.8. The van der Waals surface area contributed by atoms with E-state index in [2.05, 4.69) is 118 Å². The Kier molecular flexibility index (Phi) is 3.65. The zero-order valence-electron chi connectivity index (χ0n) is 14.1. The van der Waals surface area contributed by atoms with Gasteiger partial charge in [-0.25, -0.2) is 0 Å². The van der Waals surface area contributed by atoms with E-state index in [1.807, 2.05) is 0 Å². The van der Waals surface area contributed by atoms with Crippen molar-refractivity contribution in [2.45, 2.75) is 0 Å². The van der Waals surface area contributed by atoms with Gasteiger partial charge in [0.15, 0.2) is 0 Å². The number of rotatable bonds is 2. The lowest BCUT2D eigenvalue weighted by Crippen LogP contribution is -1.93. The highest BCUT2D eigenvalue weighted by Gasteiger charge is 2.13. The third-order valence-electron chi connectivity index (χ3n) is 4.85. The predicted molar refractivity (Wildman–Crippen MR) is 114 cm³/mol. The van der Waals surface area contributed by atoms with Crippen LogP contribution in [0.1, 0.15) is 0 Å². The second kappa shape index (κ2) is 6.15. The van der Waals surface area contributed by atoms with E-state index in [9.17, 15) is 0 Å². The molecular formula is C24H16BrN. The first-order valence-corrected chi connectivity index (χ1v) is 9.45. The molecule has 0 aliphatic heterocycles. The van der Waals surface area contributed by atoms with Crippen molar-refractivity contribution in [2.75, 3.05) is 0 Å². The van der Waals surface area contributed by atoms with Gasteiger partial charge in [-0.3, -0.25) is 0 Å². The summed E-state index contributed by atoms with van der Waals surface area (Å²) in [4.78, 5) is 0. The molecule has 5 aromatic rings. The summed E-state index contributed by atoms with van der Waals surface area (Å²) in [5.74, 6) is 0. The van der Waals surface area contributed by atoms with Crippen molar-refractivity contribution in [2.24, 2.45) is 0 Å². The van der Waals surface area contributed by atoms with Crippen molar-refractivity contribution in [1.29, 1.82) is 0 Å². The molecule has 0 saturated carbocycles. The molecule has 0 saturated heterocycles. The van der Waals surface area contributed by atoms with Crippen LogP contribution < -0.4 is 0 Å². The van der Waals surface area contributed by atoms with Crippen molar-refractivity contribution < 1.29 is 0 Å². The summed E-state index contributed by atoms with van der Waals surface area (Å²) >= 11 is 3.61. The molecular weight excluding hydrogens is 382 g/mol. The lowest BCUT2D eigenvalue weighted by molar-refractivity contribution is 1.18. The van der Waals surface area contributed by atoms with E-state index in [1.165, 1.54) is 32.9 Å². The van der Waals surface area contributed by atoms with Gasteiger partial charge in [-0.1, -0.05) is 82.7 Å². The van der Waals surface area contributed by atoms with Crippen molar-refractivity contribution >= 4 is 37.7 Å². The smallest absolute Gasteiger partial charge is 0.0547 e. The van der Waals surface area contributed by atoms with Gasteiger partial charge in [-0.2, -0.15) is 0 Å². The number of hydrogen-bond acceptors (Lipinski definition) is 0. The summed E-state index contributed by atoms with van der Waals surface area (Å²) in [6.45, 7) is 0. The van der Waals surface area contributed by atoms with Crippen molar-refractivity contribution in [3.05, 3.63) is 102 Å². The number of benzene rings is 4. The molecule has 124 valence electrons. The second-order valence-corrected chi connectivity index (χ2v) is 7.35. The second-order valence-electron chi connectivity index (χ2n) is 6.43. The van der Waals surface area contributed by atoms with E-state index >= 15 is 0 Å². The molecule has 0 aliphatic carbocycles. The van der Waals surface area contributed by atoms with Gasteiger partial charge in [-0.05, 0) is 41.5 Å². The molecule has 0 fully saturated rings. The van der Waals surface area contributed by atoms with Crippen LogP contribution in [0.2, 0.25) is 0 Å². The van der Waals surface area contributed by atoms with E-state index in [-0.39, 0.29) is 0 Å². The van der Waals surface area contributed by atoms with E-state index in [0.717, 1.165) is 10.2 Å². The van der Waals surface area contributed by atoms with Crippen LogP contribution in [0, 0.1) is 0 Å². The summed E-state index contributed by atoms with van der Waals surface area (Å²) in [6.07, 6.45) is 0. The van der Waals surface area contributed by atoms with Crippen LogP contribution in [0.15, 0.2) is 102 Å². The zero-order valence-corrected chi connectivity index (χ0v) is 15.6. The van der Waals surface area contributed by atoms with E-state index in [1.54, 1.807) is 0 Å². The largest absolute Gasteiger partial charge is 0.309 e. The van der Waals surface area contributed by atoms with Crippen LogP contribution in [-0.4, -0.2) is 4.57 Å². The molecule has 1 heterocycles. The monoisotopic (exact) mass is 397 g/mol. The standard InChI is InChI=1S/C24H16BrN/c25-19-9-6-10-20(16-19)26-23-12-5-4-11-21(23)22-14-13-18(15-24(22)26)17-7-2-1-3-8-17/h1-16H. The highest BCUT2D eigenvalue weighted by atomic mass is 79.9. The minimum Gasteiger partial charge on any atom is -0.309 e. The number of fused-ring (bicyclic) bond motifs is 3. The molecule has 0 aliphatic rings. The molecule has 4 aromatic carbocycles. The quantitative estimate of drug-likeness (QED) is 0.296. The molecule has 0 N–H and O–H groups in total. The molecule has 1 nitrogen and oxygen atoms in total. The van der Waals surface area contributed by atoms with Gasteiger partial charge >= 0.3 is 0 Å². The highest BCUT2D eigenvalue weighted by Crippen LogP contribution is 2.35. The molecule has 0 unspecified atom stereocenters. The van der Waals surface area contributed by atoms with Crippen LogP contribution in [0.25, 0.3) is 38.6 Å². The maximum atomic E-state index is 3.61. The first kappa shape index (κ1) is 15.4. The molecule has 0 spiro atoms. The Labute approximate surface area is 160 Å². The summed E-state index contributed by atoms with van der Waals surface area (Å²) in [7, 11) is 0. The minimum absolute atomic E-state index is 1.08. The third-order valence-corrected chi connectivity index (χ3v) is 5.34. The number of hydrogen-bond donors (Lipinski definition) is 0. The average molecular weight is 398 g/mol. The van der Waals surface area contributed by atoms with Gasteiger partial charge in [0.05, 0.1) is 11.0 Å². The normalized spacial score (nSPS) is 11.3. The number of aromatic nitrogens is 1. The number of para-hydroxylation sites is 1. The molecule has 1 aromatic heterocycles. The van der Waals surface area contributed by atoms with Crippen molar-refractivity contribution in [1.82, 2.24) is 4.57 Å². The van der Waals surface area contributed by atoms with Crippen molar-refractivity contribution in [3.63, 3.8) is 0 Å². The average Bonchev–Trinajstić information content (AvgIpc) is 3.02. The Hall–Kier alpha value is -2.84. The maximum Gasteiger partial charge on any atom is 0.0547 e. The summed E-state index contributed by atoms with van der Waals surface area (Å²) in [5.41, 5.74) is 6.09. The van der Waals surface area contributed by atoms with Crippen molar-refractivity contribution in [3.8, 4) is 16.8 Å². The van der Waals surface area contributed by atoms with E-state index in [0.29, 0.717) is 0 Å². The van der Waals surface area contributed by atoms with Gasteiger partial charge in [0.25, 0.3) is 0 Å². The third kappa shape index (κ3) is 2.46. The fourth-order valence-corrected chi connectivity index (χ4v) is 4.06. The molecule has 26 heavy (non-hydrogen) atoms. The highest BCUT2D eigenvalue weighted by molar-refractivity contribution is 9.10. The molecule has 0 atom stereocenters. The SMILES string of the molecule is Brc1cccc(-n2c3ccccc3c3ccc(-c4ccccc4)cc32)c1. The van der Waals surface area contributed by atoms with Crippen LogP contribution in [-0.2, 0) is 0 Å². The predicted octanol–water partition coefficient (Wildman–Crippen LogP) is 7.21. The van der Waals surface area contributed by atoms with Gasteiger partial charge in [0.2, 0.25) is 0 Å². The van der Waals surface area contributed by atoms with Crippen LogP contribution in [0.3, 0.4) is 0 Å².